The number of hydrogen-bond donors (Lipinski definition) is 3. The lowest BCUT2D eigenvalue weighted by atomic mass is 10.3. The van der Waals surface area contributed by atoms with Crippen molar-refractivity contribution in [1.29, 1.82) is 0 Å². The Labute approximate surface area is 102 Å². The van der Waals surface area contributed by atoms with Gasteiger partial charge in [-0.1, -0.05) is 0 Å². The molecule has 0 aliphatic heterocycles. The Bertz CT molecular complexity index is 414. The van der Waals surface area contributed by atoms with Gasteiger partial charge in [-0.05, 0) is 25.3 Å². The number of thiophene rings is 1. The molecule has 1 heterocycles. The van der Waals surface area contributed by atoms with E-state index in [1.165, 1.54) is 11.3 Å². The first-order valence-electron chi connectivity index (χ1n) is 4.94. The Balaban J connectivity index is 2.38. The van der Waals surface area contributed by atoms with Crippen molar-refractivity contribution >= 4 is 29.1 Å². The molecule has 3 amide bonds. The topological polar surface area (TPSA) is 87.3 Å². The van der Waals surface area contributed by atoms with Gasteiger partial charge in [0.15, 0.2) is 0 Å². The minimum Gasteiger partial charge on any atom is -0.346 e. The van der Waals surface area contributed by atoms with E-state index in [4.69, 9.17) is 0 Å². The van der Waals surface area contributed by atoms with Gasteiger partial charge in [-0.2, -0.15) is 11.3 Å². The molecule has 0 aliphatic carbocycles. The lowest BCUT2D eigenvalue weighted by molar-refractivity contribution is -0.139. The van der Waals surface area contributed by atoms with Crippen LogP contribution in [0.2, 0.25) is 0 Å². The summed E-state index contributed by atoms with van der Waals surface area (Å²) in [6.07, 6.45) is 0. The fraction of sp³-hybridized carbons (Fsp3) is 0.300. The van der Waals surface area contributed by atoms with Crippen LogP contribution in [0.15, 0.2) is 16.8 Å². The van der Waals surface area contributed by atoms with Gasteiger partial charge in [0.1, 0.15) is 0 Å². The van der Waals surface area contributed by atoms with Crippen molar-refractivity contribution in [2.45, 2.75) is 19.9 Å². The van der Waals surface area contributed by atoms with Crippen molar-refractivity contribution in [3.05, 3.63) is 22.4 Å². The van der Waals surface area contributed by atoms with E-state index < -0.39 is 17.7 Å². The summed E-state index contributed by atoms with van der Waals surface area (Å²) in [5, 5.41) is 5.77. The molecule has 0 saturated carbocycles. The second-order valence-electron chi connectivity index (χ2n) is 3.55. The molecule has 1 aromatic heterocycles. The lowest BCUT2D eigenvalue weighted by Gasteiger charge is -2.09. The zero-order valence-corrected chi connectivity index (χ0v) is 10.3. The summed E-state index contributed by atoms with van der Waals surface area (Å²) in [4.78, 5) is 33.8. The lowest BCUT2D eigenvalue weighted by Crippen LogP contribution is -2.49. The highest BCUT2D eigenvalue weighted by molar-refractivity contribution is 7.08. The van der Waals surface area contributed by atoms with Gasteiger partial charge in [-0.3, -0.25) is 25.2 Å². The van der Waals surface area contributed by atoms with Crippen molar-refractivity contribution in [3.8, 4) is 0 Å². The minimum absolute atomic E-state index is 0.138. The first-order chi connectivity index (χ1) is 8.00. The van der Waals surface area contributed by atoms with Crippen molar-refractivity contribution < 1.29 is 14.4 Å². The van der Waals surface area contributed by atoms with Gasteiger partial charge in [0.05, 0.1) is 5.56 Å². The maximum Gasteiger partial charge on any atom is 0.327 e. The van der Waals surface area contributed by atoms with Crippen LogP contribution >= 0.6 is 11.3 Å². The largest absolute Gasteiger partial charge is 0.346 e. The molecule has 92 valence electrons. The van der Waals surface area contributed by atoms with Crippen LogP contribution in [0.4, 0.5) is 0 Å². The molecule has 0 aromatic carbocycles. The van der Waals surface area contributed by atoms with E-state index in [1.807, 2.05) is 5.43 Å². The van der Waals surface area contributed by atoms with E-state index in [0.29, 0.717) is 5.56 Å². The summed E-state index contributed by atoms with van der Waals surface area (Å²) in [7, 11) is 0. The molecule has 7 heteroatoms. The summed E-state index contributed by atoms with van der Waals surface area (Å²) >= 11 is 1.36. The van der Waals surface area contributed by atoms with Crippen molar-refractivity contribution in [2.75, 3.05) is 0 Å². The first kappa shape index (κ1) is 13.2. The van der Waals surface area contributed by atoms with E-state index in [9.17, 15) is 14.4 Å². The summed E-state index contributed by atoms with van der Waals surface area (Å²) < 4.78 is 0. The molecule has 1 rings (SSSR count). The summed E-state index contributed by atoms with van der Waals surface area (Å²) in [5.74, 6) is -2.15. The number of nitrogens with one attached hydrogen (secondary N) is 3. The maximum absolute atomic E-state index is 11.4. The smallest absolute Gasteiger partial charge is 0.327 e. The van der Waals surface area contributed by atoms with E-state index >= 15 is 0 Å². The third kappa shape index (κ3) is 4.23. The summed E-state index contributed by atoms with van der Waals surface area (Å²) in [5.41, 5.74) is 4.61. The van der Waals surface area contributed by atoms with Crippen LogP contribution in [0.25, 0.3) is 0 Å². The van der Waals surface area contributed by atoms with Gasteiger partial charge < -0.3 is 5.32 Å². The predicted octanol–water partition coefficient (Wildman–Crippen LogP) is 0.0337. The monoisotopic (exact) mass is 255 g/mol. The van der Waals surface area contributed by atoms with Gasteiger partial charge >= 0.3 is 11.8 Å². The SMILES string of the molecule is CC(C)NC(=O)C(=O)NNC(=O)c1ccsc1. The Morgan fingerprint density at radius 1 is 1.18 bits per heavy atom. The molecule has 0 atom stereocenters. The van der Waals surface area contributed by atoms with Crippen LogP contribution in [0.5, 0.6) is 0 Å². The molecule has 3 N–H and O–H groups in total. The van der Waals surface area contributed by atoms with Crippen molar-refractivity contribution in [1.82, 2.24) is 16.2 Å². The number of hydrazine groups is 1. The van der Waals surface area contributed by atoms with Gasteiger partial charge in [0.2, 0.25) is 0 Å². The average molecular weight is 255 g/mol. The summed E-state index contributed by atoms with van der Waals surface area (Å²) in [6, 6.07) is 1.47. The van der Waals surface area contributed by atoms with Crippen LogP contribution in [0, 0.1) is 0 Å². The van der Waals surface area contributed by atoms with Crippen LogP contribution in [0.3, 0.4) is 0 Å². The highest BCUT2D eigenvalue weighted by atomic mass is 32.1. The zero-order valence-electron chi connectivity index (χ0n) is 9.44. The van der Waals surface area contributed by atoms with Gasteiger partial charge in [-0.15, -0.1) is 0 Å². The fourth-order valence-electron chi connectivity index (χ4n) is 0.964. The molecule has 0 saturated heterocycles. The van der Waals surface area contributed by atoms with Crippen LogP contribution < -0.4 is 16.2 Å². The zero-order chi connectivity index (χ0) is 12.8. The standard InChI is InChI=1S/C10H13N3O3S/c1-6(2)11-9(15)10(16)13-12-8(14)7-3-4-17-5-7/h3-6H,1-2H3,(H,11,15)(H,12,14)(H,13,16). The molecule has 0 aliphatic rings. The van der Waals surface area contributed by atoms with E-state index in [0.717, 1.165) is 0 Å². The van der Waals surface area contributed by atoms with Crippen molar-refractivity contribution in [2.24, 2.45) is 0 Å². The number of rotatable bonds is 2. The van der Waals surface area contributed by atoms with Crippen LogP contribution in [-0.4, -0.2) is 23.8 Å². The molecule has 1 aromatic rings. The second kappa shape index (κ2) is 6.00. The Morgan fingerprint density at radius 2 is 1.88 bits per heavy atom. The van der Waals surface area contributed by atoms with E-state index in [-0.39, 0.29) is 6.04 Å². The first-order valence-corrected chi connectivity index (χ1v) is 5.88. The molecule has 0 bridgehead atoms. The minimum atomic E-state index is -0.901. The highest BCUT2D eigenvalue weighted by Crippen LogP contribution is 2.04. The molecule has 0 unspecified atom stereocenters. The molecule has 17 heavy (non-hydrogen) atoms. The Morgan fingerprint density at radius 3 is 2.41 bits per heavy atom. The summed E-state index contributed by atoms with van der Waals surface area (Å²) in [6.45, 7) is 3.46. The molecule has 0 fully saturated rings. The van der Waals surface area contributed by atoms with Crippen LogP contribution in [-0.2, 0) is 9.59 Å². The maximum atomic E-state index is 11.4. The number of carbonyl (C=O) groups is 3. The number of hydrogen-bond acceptors (Lipinski definition) is 4. The number of carbonyl (C=O) groups excluding carboxylic acids is 3. The number of amides is 3. The third-order valence-electron chi connectivity index (χ3n) is 1.70. The molecular formula is C10H13N3O3S. The van der Waals surface area contributed by atoms with E-state index in [1.54, 1.807) is 30.7 Å². The van der Waals surface area contributed by atoms with Gasteiger partial charge in [0.25, 0.3) is 5.91 Å². The Kier molecular flexibility index (Phi) is 4.65. The highest BCUT2D eigenvalue weighted by Gasteiger charge is 2.15. The third-order valence-corrected chi connectivity index (χ3v) is 2.38. The average Bonchev–Trinajstić information content (AvgIpc) is 2.77. The van der Waals surface area contributed by atoms with Gasteiger partial charge in [0, 0.05) is 11.4 Å². The quantitative estimate of drug-likeness (QED) is 0.515. The Hall–Kier alpha value is -1.89. The van der Waals surface area contributed by atoms with Crippen LogP contribution in [0.1, 0.15) is 24.2 Å². The molecule has 0 radical (unpaired) electrons. The fourth-order valence-corrected chi connectivity index (χ4v) is 1.60. The molecular weight excluding hydrogens is 242 g/mol. The molecule has 6 nitrogen and oxygen atoms in total. The predicted molar refractivity (Wildman–Crippen MR) is 63.2 cm³/mol. The molecule has 0 spiro atoms. The van der Waals surface area contributed by atoms with Gasteiger partial charge in [-0.25, -0.2) is 0 Å². The normalized spacial score (nSPS) is 9.82. The second-order valence-corrected chi connectivity index (χ2v) is 4.33. The van der Waals surface area contributed by atoms with E-state index in [2.05, 4.69) is 10.7 Å². The van der Waals surface area contributed by atoms with Crippen molar-refractivity contribution in [3.63, 3.8) is 0 Å².